The predicted octanol–water partition coefficient (Wildman–Crippen LogP) is 2.67. The molecule has 0 spiro atoms. The van der Waals surface area contributed by atoms with Crippen molar-refractivity contribution in [2.45, 2.75) is 18.4 Å². The molecule has 2 N–H and O–H groups in total. The summed E-state index contributed by atoms with van der Waals surface area (Å²) in [7, 11) is -1.85. The highest BCUT2D eigenvalue weighted by atomic mass is 79.9. The monoisotopic (exact) mass is 369 g/mol. The van der Waals surface area contributed by atoms with E-state index in [0.717, 1.165) is 11.1 Å². The number of hydrogen-bond donors (Lipinski definition) is 2. The molecule has 0 atom stereocenters. The van der Waals surface area contributed by atoms with Gasteiger partial charge in [-0.2, -0.15) is 0 Å². The minimum Gasteiger partial charge on any atom is -0.316 e. The summed E-state index contributed by atoms with van der Waals surface area (Å²) in [5, 5.41) is 3.00. The van der Waals surface area contributed by atoms with Crippen molar-refractivity contribution in [2.24, 2.45) is 0 Å². The summed E-state index contributed by atoms with van der Waals surface area (Å²) in [5.41, 5.74) is 2.22. The van der Waals surface area contributed by atoms with Crippen LogP contribution in [0.15, 0.2) is 46.0 Å². The number of aryl methyl sites for hydroxylation is 1. The fraction of sp³-hybridized carbons (Fsp3) is 0.214. The number of benzene rings is 1. The molecular weight excluding hydrogens is 354 g/mol. The van der Waals surface area contributed by atoms with Crippen molar-refractivity contribution in [1.82, 2.24) is 10.3 Å². The minimum absolute atomic E-state index is 0.205. The molecule has 0 fully saturated rings. The van der Waals surface area contributed by atoms with Crippen LogP contribution >= 0.6 is 15.9 Å². The molecule has 7 heteroatoms. The number of aromatic nitrogens is 1. The first-order valence-electron chi connectivity index (χ1n) is 6.30. The molecule has 0 amide bonds. The Labute approximate surface area is 133 Å². The summed E-state index contributed by atoms with van der Waals surface area (Å²) in [6.07, 6.45) is 3.15. The molecule has 0 bridgehead atoms. The quantitative estimate of drug-likeness (QED) is 0.849. The van der Waals surface area contributed by atoms with Gasteiger partial charge in [0.25, 0.3) is 10.0 Å². The van der Waals surface area contributed by atoms with Crippen molar-refractivity contribution in [2.75, 3.05) is 11.8 Å². The third-order valence-electron chi connectivity index (χ3n) is 2.79. The summed E-state index contributed by atoms with van der Waals surface area (Å²) in [6, 6.07) is 6.98. The second-order valence-corrected chi connectivity index (χ2v) is 7.16. The highest BCUT2D eigenvalue weighted by Crippen LogP contribution is 2.25. The van der Waals surface area contributed by atoms with Crippen molar-refractivity contribution in [3.63, 3.8) is 0 Å². The Hall–Kier alpha value is -1.44. The summed E-state index contributed by atoms with van der Waals surface area (Å²) >= 11 is 3.29. The van der Waals surface area contributed by atoms with Gasteiger partial charge in [-0.25, -0.2) is 8.42 Å². The fourth-order valence-electron chi connectivity index (χ4n) is 1.89. The van der Waals surface area contributed by atoms with Crippen LogP contribution in [-0.4, -0.2) is 20.4 Å². The highest BCUT2D eigenvalue weighted by molar-refractivity contribution is 9.10. The van der Waals surface area contributed by atoms with Gasteiger partial charge in [-0.15, -0.1) is 0 Å². The Bertz CT molecular complexity index is 748. The third kappa shape index (κ3) is 4.03. The van der Waals surface area contributed by atoms with Crippen molar-refractivity contribution in [3.8, 4) is 0 Å². The second-order valence-electron chi connectivity index (χ2n) is 4.65. The molecule has 0 unspecified atom stereocenters. The van der Waals surface area contributed by atoms with E-state index in [1.165, 1.54) is 6.20 Å². The number of rotatable bonds is 5. The lowest BCUT2D eigenvalue weighted by atomic mass is 10.2. The molecular formula is C14H16BrN3O2S. The first-order valence-corrected chi connectivity index (χ1v) is 8.57. The maximum Gasteiger partial charge on any atom is 0.263 e. The zero-order valence-corrected chi connectivity index (χ0v) is 14.1. The van der Waals surface area contributed by atoms with Gasteiger partial charge in [0.05, 0.1) is 11.9 Å². The molecule has 5 nitrogen and oxygen atoms in total. The lowest BCUT2D eigenvalue weighted by Gasteiger charge is -2.11. The zero-order chi connectivity index (χ0) is 15.5. The van der Waals surface area contributed by atoms with E-state index in [1.54, 1.807) is 24.4 Å². The van der Waals surface area contributed by atoms with E-state index in [1.807, 2.05) is 20.0 Å². The van der Waals surface area contributed by atoms with Crippen LogP contribution < -0.4 is 10.0 Å². The van der Waals surface area contributed by atoms with Crippen LogP contribution in [0, 0.1) is 6.92 Å². The number of halogens is 1. The molecule has 0 radical (unpaired) electrons. The van der Waals surface area contributed by atoms with E-state index in [2.05, 4.69) is 31.0 Å². The van der Waals surface area contributed by atoms with Gasteiger partial charge >= 0.3 is 0 Å². The maximum absolute atomic E-state index is 12.5. The van der Waals surface area contributed by atoms with E-state index in [0.29, 0.717) is 16.7 Å². The van der Waals surface area contributed by atoms with Crippen LogP contribution in [0.1, 0.15) is 11.1 Å². The largest absolute Gasteiger partial charge is 0.316 e. The first-order chi connectivity index (χ1) is 9.92. The number of nitrogens with zero attached hydrogens (tertiary/aromatic N) is 1. The third-order valence-corrected chi connectivity index (χ3v) is 5.17. The smallest absolute Gasteiger partial charge is 0.263 e. The normalized spacial score (nSPS) is 11.4. The molecule has 0 aliphatic carbocycles. The van der Waals surface area contributed by atoms with Gasteiger partial charge in [0.15, 0.2) is 0 Å². The fourth-order valence-corrected chi connectivity index (χ4v) is 3.94. The molecule has 1 heterocycles. The van der Waals surface area contributed by atoms with Crippen molar-refractivity contribution < 1.29 is 8.42 Å². The molecule has 2 rings (SSSR count). The molecule has 112 valence electrons. The van der Waals surface area contributed by atoms with E-state index in [4.69, 9.17) is 0 Å². The van der Waals surface area contributed by atoms with Crippen molar-refractivity contribution in [3.05, 3.63) is 52.3 Å². The summed E-state index contributed by atoms with van der Waals surface area (Å²) in [5.74, 6) is 0. The average molecular weight is 370 g/mol. The Morgan fingerprint density at radius 1 is 1.24 bits per heavy atom. The Balaban J connectivity index is 2.37. The van der Waals surface area contributed by atoms with E-state index in [9.17, 15) is 8.42 Å². The van der Waals surface area contributed by atoms with E-state index in [-0.39, 0.29) is 4.90 Å². The van der Waals surface area contributed by atoms with Gasteiger partial charge in [0, 0.05) is 17.2 Å². The van der Waals surface area contributed by atoms with Crippen molar-refractivity contribution in [1.29, 1.82) is 0 Å². The predicted molar refractivity (Wildman–Crippen MR) is 86.7 cm³/mol. The van der Waals surface area contributed by atoms with E-state index >= 15 is 0 Å². The van der Waals surface area contributed by atoms with Crippen LogP contribution in [0.2, 0.25) is 0 Å². The van der Waals surface area contributed by atoms with Crippen LogP contribution in [0.5, 0.6) is 0 Å². The Morgan fingerprint density at radius 3 is 2.67 bits per heavy atom. The number of hydrogen-bond acceptors (Lipinski definition) is 4. The van der Waals surface area contributed by atoms with Gasteiger partial charge in [0.2, 0.25) is 0 Å². The van der Waals surface area contributed by atoms with Gasteiger partial charge in [-0.3, -0.25) is 9.71 Å². The lowest BCUT2D eigenvalue weighted by molar-refractivity contribution is 0.600. The van der Waals surface area contributed by atoms with Gasteiger partial charge in [-0.1, -0.05) is 6.07 Å². The Morgan fingerprint density at radius 2 is 2.00 bits per heavy atom. The highest BCUT2D eigenvalue weighted by Gasteiger charge is 2.18. The molecule has 1 aromatic heterocycles. The Kier molecular flexibility index (Phi) is 4.97. The first kappa shape index (κ1) is 15.9. The zero-order valence-electron chi connectivity index (χ0n) is 11.7. The molecule has 21 heavy (non-hydrogen) atoms. The number of anilines is 1. The van der Waals surface area contributed by atoms with Gasteiger partial charge in [-0.05, 0) is 59.2 Å². The van der Waals surface area contributed by atoms with Crippen LogP contribution in [-0.2, 0) is 16.6 Å². The summed E-state index contributed by atoms with van der Waals surface area (Å²) in [6.45, 7) is 2.45. The van der Waals surface area contributed by atoms with Crippen LogP contribution in [0.3, 0.4) is 0 Å². The summed E-state index contributed by atoms with van der Waals surface area (Å²) in [4.78, 5) is 4.19. The topological polar surface area (TPSA) is 71.1 Å². The van der Waals surface area contributed by atoms with Gasteiger partial charge in [0.1, 0.15) is 4.90 Å². The van der Waals surface area contributed by atoms with Gasteiger partial charge < -0.3 is 5.32 Å². The van der Waals surface area contributed by atoms with E-state index < -0.39 is 10.0 Å². The molecule has 2 aromatic rings. The number of pyridine rings is 1. The maximum atomic E-state index is 12.5. The van der Waals surface area contributed by atoms with Crippen LogP contribution in [0.25, 0.3) is 0 Å². The minimum atomic E-state index is -3.67. The number of sulfonamides is 1. The average Bonchev–Trinajstić information content (AvgIpc) is 2.40. The SMILES string of the molecule is CNCc1ccc(Br)c(S(=O)(=O)Nc2cncc(C)c2)c1. The molecule has 1 aromatic carbocycles. The van der Waals surface area contributed by atoms with Crippen molar-refractivity contribution >= 4 is 31.6 Å². The number of nitrogens with one attached hydrogen (secondary N) is 2. The van der Waals surface area contributed by atoms with Crippen LogP contribution in [0.4, 0.5) is 5.69 Å². The lowest BCUT2D eigenvalue weighted by Crippen LogP contribution is -2.15. The standard InChI is InChI=1S/C14H16BrN3O2S/c1-10-5-12(9-17-7-10)18-21(19,20)14-6-11(8-16-2)3-4-13(14)15/h3-7,9,16,18H,8H2,1-2H3. The summed E-state index contributed by atoms with van der Waals surface area (Å²) < 4.78 is 28.1. The molecule has 0 aliphatic rings. The molecule has 0 saturated carbocycles. The molecule has 0 aliphatic heterocycles. The molecule has 0 saturated heterocycles. The second kappa shape index (κ2) is 6.55.